The van der Waals surface area contributed by atoms with Crippen molar-refractivity contribution in [2.45, 2.75) is 26.8 Å². The van der Waals surface area contributed by atoms with E-state index in [4.69, 9.17) is 0 Å². The maximum atomic E-state index is 12.1. The summed E-state index contributed by atoms with van der Waals surface area (Å²) in [7, 11) is 0. The van der Waals surface area contributed by atoms with Crippen molar-refractivity contribution in [2.75, 3.05) is 16.0 Å². The summed E-state index contributed by atoms with van der Waals surface area (Å²) in [6.45, 7) is 5.47. The minimum absolute atomic E-state index is 0.135. The van der Waals surface area contributed by atoms with Gasteiger partial charge in [0.05, 0.1) is 0 Å². The van der Waals surface area contributed by atoms with Crippen molar-refractivity contribution >= 4 is 39.7 Å². The molecule has 0 unspecified atom stereocenters. The fraction of sp³-hybridized carbons (Fsp3) is 0.267. The predicted octanol–water partition coefficient (Wildman–Crippen LogP) is 3.17. The molecule has 7 heteroatoms. The molecule has 0 saturated heterocycles. The smallest absolute Gasteiger partial charge is 0.275 e. The lowest BCUT2D eigenvalue weighted by Crippen LogP contribution is -2.13. The second-order valence-corrected chi connectivity index (χ2v) is 5.91. The number of rotatable bonds is 5. The first-order valence-electron chi connectivity index (χ1n) is 6.85. The Morgan fingerprint density at radius 3 is 2.23 bits per heavy atom. The standard InChI is InChI=1S/C15H18N4O2S/c1-9(2)16-15-19-13(8-22-15)14(21)18-12-6-4-11(5-7-12)17-10(3)20/h4-9H,1-3H3,(H,16,19)(H,17,20)(H,18,21). The van der Waals surface area contributed by atoms with Gasteiger partial charge in [-0.3, -0.25) is 9.59 Å². The first-order chi connectivity index (χ1) is 10.4. The second-order valence-electron chi connectivity index (χ2n) is 5.05. The van der Waals surface area contributed by atoms with Crippen molar-refractivity contribution in [3.63, 3.8) is 0 Å². The number of nitrogens with one attached hydrogen (secondary N) is 3. The van der Waals surface area contributed by atoms with E-state index in [9.17, 15) is 9.59 Å². The van der Waals surface area contributed by atoms with E-state index in [1.807, 2.05) is 13.8 Å². The summed E-state index contributed by atoms with van der Waals surface area (Å²) in [6, 6.07) is 7.17. The maximum Gasteiger partial charge on any atom is 0.275 e. The number of hydrogen-bond donors (Lipinski definition) is 3. The van der Waals surface area contributed by atoms with Crippen molar-refractivity contribution in [1.29, 1.82) is 0 Å². The highest BCUT2D eigenvalue weighted by atomic mass is 32.1. The van der Waals surface area contributed by atoms with Crippen molar-refractivity contribution in [3.05, 3.63) is 35.3 Å². The quantitative estimate of drug-likeness (QED) is 0.790. The molecule has 116 valence electrons. The molecule has 0 saturated carbocycles. The van der Waals surface area contributed by atoms with Gasteiger partial charge in [-0.2, -0.15) is 0 Å². The number of carbonyl (C=O) groups excluding carboxylic acids is 2. The lowest BCUT2D eigenvalue weighted by Gasteiger charge is -2.06. The van der Waals surface area contributed by atoms with Crippen LogP contribution >= 0.6 is 11.3 Å². The summed E-state index contributed by atoms with van der Waals surface area (Å²) >= 11 is 1.40. The number of carbonyl (C=O) groups is 2. The molecule has 2 aromatic rings. The van der Waals surface area contributed by atoms with E-state index in [0.29, 0.717) is 17.1 Å². The van der Waals surface area contributed by atoms with E-state index in [0.717, 1.165) is 5.13 Å². The van der Waals surface area contributed by atoms with Crippen LogP contribution in [0.25, 0.3) is 0 Å². The summed E-state index contributed by atoms with van der Waals surface area (Å²) in [4.78, 5) is 27.3. The van der Waals surface area contributed by atoms with Gasteiger partial charge in [0.25, 0.3) is 5.91 Å². The van der Waals surface area contributed by atoms with Crippen LogP contribution in [0.2, 0.25) is 0 Å². The van der Waals surface area contributed by atoms with Crippen LogP contribution in [-0.4, -0.2) is 22.8 Å². The molecular formula is C15H18N4O2S. The highest BCUT2D eigenvalue weighted by Crippen LogP contribution is 2.18. The molecule has 22 heavy (non-hydrogen) atoms. The van der Waals surface area contributed by atoms with Crippen LogP contribution in [-0.2, 0) is 4.79 Å². The van der Waals surface area contributed by atoms with E-state index < -0.39 is 0 Å². The third-order valence-corrected chi connectivity index (χ3v) is 3.39. The van der Waals surface area contributed by atoms with Gasteiger partial charge in [-0.05, 0) is 38.1 Å². The zero-order chi connectivity index (χ0) is 16.1. The van der Waals surface area contributed by atoms with E-state index in [-0.39, 0.29) is 17.9 Å². The van der Waals surface area contributed by atoms with E-state index in [1.54, 1.807) is 29.6 Å². The minimum Gasteiger partial charge on any atom is -0.359 e. The molecule has 0 atom stereocenters. The number of aromatic nitrogens is 1. The average molecular weight is 318 g/mol. The molecule has 1 aromatic heterocycles. The Morgan fingerprint density at radius 1 is 1.09 bits per heavy atom. The molecule has 0 aliphatic rings. The molecule has 0 spiro atoms. The van der Waals surface area contributed by atoms with Gasteiger partial charge in [0.15, 0.2) is 5.13 Å². The Bertz CT molecular complexity index is 664. The van der Waals surface area contributed by atoms with Crippen molar-refractivity contribution < 1.29 is 9.59 Å². The molecule has 1 aromatic carbocycles. The Hall–Kier alpha value is -2.41. The van der Waals surface area contributed by atoms with Gasteiger partial charge < -0.3 is 16.0 Å². The number of hydrogen-bond acceptors (Lipinski definition) is 5. The van der Waals surface area contributed by atoms with Crippen LogP contribution in [0.1, 0.15) is 31.3 Å². The monoisotopic (exact) mass is 318 g/mol. The molecule has 0 bridgehead atoms. The number of anilines is 3. The van der Waals surface area contributed by atoms with E-state index in [1.165, 1.54) is 18.3 Å². The zero-order valence-corrected chi connectivity index (χ0v) is 13.5. The van der Waals surface area contributed by atoms with Gasteiger partial charge in [0.1, 0.15) is 5.69 Å². The number of thiazole rings is 1. The molecule has 6 nitrogen and oxygen atoms in total. The highest BCUT2D eigenvalue weighted by molar-refractivity contribution is 7.13. The van der Waals surface area contributed by atoms with Crippen LogP contribution in [0.4, 0.5) is 16.5 Å². The van der Waals surface area contributed by atoms with Gasteiger partial charge in [-0.25, -0.2) is 4.98 Å². The largest absolute Gasteiger partial charge is 0.359 e. The molecule has 3 N–H and O–H groups in total. The first kappa shape index (κ1) is 16.0. The van der Waals surface area contributed by atoms with Crippen molar-refractivity contribution in [3.8, 4) is 0 Å². The zero-order valence-electron chi connectivity index (χ0n) is 12.6. The Labute approximate surface area is 133 Å². The Morgan fingerprint density at radius 2 is 1.68 bits per heavy atom. The van der Waals surface area contributed by atoms with Crippen LogP contribution in [0, 0.1) is 0 Å². The topological polar surface area (TPSA) is 83.1 Å². The van der Waals surface area contributed by atoms with Gasteiger partial charge in [0.2, 0.25) is 5.91 Å². The highest BCUT2D eigenvalue weighted by Gasteiger charge is 2.11. The molecule has 0 fully saturated rings. The van der Waals surface area contributed by atoms with Crippen molar-refractivity contribution in [2.24, 2.45) is 0 Å². The normalized spacial score (nSPS) is 10.4. The molecule has 2 rings (SSSR count). The molecular weight excluding hydrogens is 300 g/mol. The third-order valence-electron chi connectivity index (χ3n) is 2.61. The third kappa shape index (κ3) is 4.56. The number of amides is 2. The van der Waals surface area contributed by atoms with Crippen LogP contribution < -0.4 is 16.0 Å². The lowest BCUT2D eigenvalue weighted by atomic mass is 10.2. The van der Waals surface area contributed by atoms with E-state index in [2.05, 4.69) is 20.9 Å². The summed E-state index contributed by atoms with van der Waals surface area (Å²) in [5, 5.41) is 11.0. The molecule has 0 radical (unpaired) electrons. The minimum atomic E-state index is -0.264. The Kier molecular flexibility index (Phi) is 5.11. The number of benzene rings is 1. The SMILES string of the molecule is CC(=O)Nc1ccc(NC(=O)c2csc(NC(C)C)n2)cc1. The van der Waals surface area contributed by atoms with Gasteiger partial charge >= 0.3 is 0 Å². The number of nitrogens with zero attached hydrogens (tertiary/aromatic N) is 1. The first-order valence-corrected chi connectivity index (χ1v) is 7.73. The maximum absolute atomic E-state index is 12.1. The Balaban J connectivity index is 1.99. The fourth-order valence-corrected chi connectivity index (χ4v) is 2.56. The second kappa shape index (κ2) is 7.04. The summed E-state index contributed by atoms with van der Waals surface area (Å²) in [5.41, 5.74) is 1.70. The van der Waals surface area contributed by atoms with Crippen LogP contribution in [0.5, 0.6) is 0 Å². The molecule has 1 heterocycles. The average Bonchev–Trinajstić information content (AvgIpc) is 2.88. The van der Waals surface area contributed by atoms with Gasteiger partial charge in [0, 0.05) is 29.7 Å². The summed E-state index contributed by atoms with van der Waals surface area (Å²) in [6.07, 6.45) is 0. The fourth-order valence-electron chi connectivity index (χ4n) is 1.73. The summed E-state index contributed by atoms with van der Waals surface area (Å²) < 4.78 is 0. The molecule has 0 aliphatic carbocycles. The van der Waals surface area contributed by atoms with E-state index >= 15 is 0 Å². The van der Waals surface area contributed by atoms with Gasteiger partial charge in [-0.1, -0.05) is 0 Å². The van der Waals surface area contributed by atoms with Crippen molar-refractivity contribution in [1.82, 2.24) is 4.98 Å². The van der Waals surface area contributed by atoms with Crippen LogP contribution in [0.15, 0.2) is 29.6 Å². The molecule has 2 amide bonds. The van der Waals surface area contributed by atoms with Crippen LogP contribution in [0.3, 0.4) is 0 Å². The van der Waals surface area contributed by atoms with Gasteiger partial charge in [-0.15, -0.1) is 11.3 Å². The lowest BCUT2D eigenvalue weighted by molar-refractivity contribution is -0.114. The predicted molar refractivity (Wildman–Crippen MR) is 89.6 cm³/mol. The molecule has 0 aliphatic heterocycles. The summed E-state index contributed by atoms with van der Waals surface area (Å²) in [5.74, 6) is -0.398.